The highest BCUT2D eigenvalue weighted by Crippen LogP contribution is 2.41. The second-order valence-corrected chi connectivity index (χ2v) is 6.02. The summed E-state index contributed by atoms with van der Waals surface area (Å²) < 4.78 is 2.08. The fourth-order valence-corrected chi connectivity index (χ4v) is 3.39. The van der Waals surface area contributed by atoms with E-state index in [1.165, 1.54) is 33.2 Å². The van der Waals surface area contributed by atoms with Gasteiger partial charge < -0.3 is 0 Å². The molecule has 16 heavy (non-hydrogen) atoms. The third kappa shape index (κ3) is 1.81. The summed E-state index contributed by atoms with van der Waals surface area (Å²) in [5, 5.41) is 4.69. The Morgan fingerprint density at radius 2 is 2.06 bits per heavy atom. The molecular weight excluding hydrogens is 216 g/mol. The average molecular weight is 236 g/mol. The summed E-state index contributed by atoms with van der Waals surface area (Å²) in [6.07, 6.45) is 1.15. The zero-order valence-electron chi connectivity index (χ0n) is 10.8. The van der Waals surface area contributed by atoms with Gasteiger partial charge in [-0.25, -0.2) is 0 Å². The Kier molecular flexibility index (Phi) is 3.15. The van der Waals surface area contributed by atoms with Crippen LogP contribution in [0.2, 0.25) is 0 Å². The average Bonchev–Trinajstić information content (AvgIpc) is 2.56. The molecule has 1 aliphatic rings. The van der Waals surface area contributed by atoms with Gasteiger partial charge in [-0.05, 0) is 26.2 Å². The minimum absolute atomic E-state index is 0.503. The van der Waals surface area contributed by atoms with Crippen molar-refractivity contribution in [1.29, 1.82) is 0 Å². The minimum Gasteiger partial charge on any atom is -0.272 e. The van der Waals surface area contributed by atoms with Crippen molar-refractivity contribution in [2.75, 3.05) is 5.75 Å². The summed E-state index contributed by atoms with van der Waals surface area (Å²) >= 11 is 1.99. The number of thioether (sulfide) groups is 1. The molecule has 0 atom stereocenters. The van der Waals surface area contributed by atoms with E-state index in [0.29, 0.717) is 5.92 Å². The van der Waals surface area contributed by atoms with Crippen molar-refractivity contribution in [3.8, 4) is 0 Å². The summed E-state index contributed by atoms with van der Waals surface area (Å²) in [6.45, 7) is 8.86. The monoisotopic (exact) mass is 236 g/mol. The van der Waals surface area contributed by atoms with Crippen molar-refractivity contribution in [2.24, 2.45) is 7.05 Å². The van der Waals surface area contributed by atoms with Gasteiger partial charge >= 0.3 is 0 Å². The van der Waals surface area contributed by atoms with Crippen LogP contribution in [-0.2, 0) is 13.5 Å². The molecule has 0 bridgehead atoms. The van der Waals surface area contributed by atoms with Crippen LogP contribution in [0, 0.1) is 0 Å². The second kappa shape index (κ2) is 4.28. The van der Waals surface area contributed by atoms with Crippen LogP contribution in [0.15, 0.2) is 5.57 Å². The summed E-state index contributed by atoms with van der Waals surface area (Å²) in [5.41, 5.74) is 5.52. The molecule has 0 saturated heterocycles. The van der Waals surface area contributed by atoms with E-state index in [0.717, 1.165) is 6.42 Å². The van der Waals surface area contributed by atoms with E-state index in [4.69, 9.17) is 5.10 Å². The van der Waals surface area contributed by atoms with E-state index >= 15 is 0 Å². The molecule has 2 heterocycles. The highest BCUT2D eigenvalue weighted by Gasteiger charge is 2.25. The van der Waals surface area contributed by atoms with E-state index < -0.39 is 0 Å². The fraction of sp³-hybridized carbons (Fsp3) is 0.615. The first-order valence-electron chi connectivity index (χ1n) is 5.88. The molecule has 0 saturated carbocycles. The van der Waals surface area contributed by atoms with Crippen LogP contribution >= 0.6 is 11.8 Å². The lowest BCUT2D eigenvalue weighted by atomic mass is 10.0. The Balaban J connectivity index is 2.66. The number of fused-ring (bicyclic) bond motifs is 1. The van der Waals surface area contributed by atoms with E-state index in [2.05, 4.69) is 39.4 Å². The lowest BCUT2D eigenvalue weighted by molar-refractivity contribution is 0.686. The quantitative estimate of drug-likeness (QED) is 0.741. The number of aromatic nitrogens is 2. The van der Waals surface area contributed by atoms with E-state index in [1.54, 1.807) is 0 Å². The molecule has 0 unspecified atom stereocenters. The summed E-state index contributed by atoms with van der Waals surface area (Å²) in [5.74, 6) is 1.69. The van der Waals surface area contributed by atoms with Gasteiger partial charge in [0.25, 0.3) is 0 Å². The lowest BCUT2D eigenvalue weighted by Gasteiger charge is -2.18. The zero-order valence-corrected chi connectivity index (χ0v) is 11.6. The molecule has 2 rings (SSSR count). The summed E-state index contributed by atoms with van der Waals surface area (Å²) in [4.78, 5) is 1.46. The van der Waals surface area contributed by atoms with Crippen LogP contribution < -0.4 is 0 Å². The van der Waals surface area contributed by atoms with Crippen LogP contribution in [-0.4, -0.2) is 15.5 Å². The molecule has 1 aliphatic heterocycles. The van der Waals surface area contributed by atoms with Crippen molar-refractivity contribution >= 4 is 16.7 Å². The molecule has 0 aliphatic carbocycles. The first kappa shape index (κ1) is 11.8. The van der Waals surface area contributed by atoms with Crippen molar-refractivity contribution in [1.82, 2.24) is 9.78 Å². The molecule has 0 radical (unpaired) electrons. The highest BCUT2D eigenvalue weighted by atomic mass is 32.2. The van der Waals surface area contributed by atoms with Gasteiger partial charge in [-0.3, -0.25) is 4.68 Å². The van der Waals surface area contributed by atoms with Gasteiger partial charge in [0.15, 0.2) is 0 Å². The van der Waals surface area contributed by atoms with Crippen LogP contribution in [0.3, 0.4) is 0 Å². The van der Waals surface area contributed by atoms with Crippen LogP contribution in [0.5, 0.6) is 0 Å². The van der Waals surface area contributed by atoms with Gasteiger partial charge in [0.2, 0.25) is 0 Å². The number of nitrogens with zero attached hydrogens (tertiary/aromatic N) is 2. The largest absolute Gasteiger partial charge is 0.272 e. The number of hydrogen-bond donors (Lipinski definition) is 0. The number of rotatable bonds is 1. The Bertz CT molecular complexity index is 437. The van der Waals surface area contributed by atoms with Crippen LogP contribution in [0.1, 0.15) is 50.6 Å². The van der Waals surface area contributed by atoms with Crippen molar-refractivity contribution in [3.63, 3.8) is 0 Å². The molecule has 1 aromatic heterocycles. The van der Waals surface area contributed by atoms with Crippen molar-refractivity contribution in [2.45, 2.75) is 40.0 Å². The van der Waals surface area contributed by atoms with Crippen molar-refractivity contribution < 1.29 is 0 Å². The van der Waals surface area contributed by atoms with Gasteiger partial charge in [0.1, 0.15) is 0 Å². The maximum Gasteiger partial charge on any atom is 0.0736 e. The normalized spacial score (nSPS) is 15.5. The maximum atomic E-state index is 4.69. The molecule has 3 heteroatoms. The molecule has 0 fully saturated rings. The molecule has 2 nitrogen and oxygen atoms in total. The molecule has 0 amide bonds. The summed E-state index contributed by atoms with van der Waals surface area (Å²) in [6, 6.07) is 0. The topological polar surface area (TPSA) is 17.8 Å². The lowest BCUT2D eigenvalue weighted by Crippen LogP contribution is -2.06. The van der Waals surface area contributed by atoms with E-state index in [-0.39, 0.29) is 0 Å². The third-order valence-electron chi connectivity index (χ3n) is 3.01. The van der Waals surface area contributed by atoms with E-state index in [1.807, 2.05) is 11.8 Å². The van der Waals surface area contributed by atoms with E-state index in [9.17, 15) is 0 Å². The minimum atomic E-state index is 0.503. The molecular formula is C13H20N2S. The van der Waals surface area contributed by atoms with Gasteiger partial charge in [-0.15, -0.1) is 11.8 Å². The van der Waals surface area contributed by atoms with Gasteiger partial charge in [0, 0.05) is 29.0 Å². The highest BCUT2D eigenvalue weighted by molar-refractivity contribution is 8.08. The predicted molar refractivity (Wildman–Crippen MR) is 71.7 cm³/mol. The SMILES string of the molecule is CC(C)=C1SCCc2c1c(C(C)C)nn2C. The Morgan fingerprint density at radius 1 is 1.38 bits per heavy atom. The molecule has 0 spiro atoms. The molecule has 0 N–H and O–H groups in total. The Hall–Kier alpha value is -0.700. The van der Waals surface area contributed by atoms with Crippen molar-refractivity contribution in [3.05, 3.63) is 22.5 Å². The maximum absolute atomic E-state index is 4.69. The van der Waals surface area contributed by atoms with Gasteiger partial charge in [0.05, 0.1) is 5.69 Å². The zero-order chi connectivity index (χ0) is 11.9. The second-order valence-electron chi connectivity index (χ2n) is 4.91. The molecule has 0 aromatic carbocycles. The van der Waals surface area contributed by atoms with Crippen LogP contribution in [0.25, 0.3) is 4.91 Å². The standard InChI is InChI=1S/C13H20N2S/c1-8(2)12-11-10(15(5)14-12)6-7-16-13(11)9(3)4/h8H,6-7H2,1-5H3. The van der Waals surface area contributed by atoms with Gasteiger partial charge in [-0.1, -0.05) is 19.4 Å². The molecule has 1 aromatic rings. The first-order chi connectivity index (χ1) is 7.52. The smallest absolute Gasteiger partial charge is 0.0736 e. The molecule has 88 valence electrons. The number of aryl methyl sites for hydroxylation is 1. The first-order valence-corrected chi connectivity index (χ1v) is 6.87. The predicted octanol–water partition coefficient (Wildman–Crippen LogP) is 3.58. The third-order valence-corrected chi connectivity index (χ3v) is 4.32. The number of hydrogen-bond acceptors (Lipinski definition) is 2. The fourth-order valence-electron chi connectivity index (χ4n) is 2.24. The Morgan fingerprint density at radius 3 is 2.62 bits per heavy atom. The summed E-state index contributed by atoms with van der Waals surface area (Å²) in [7, 11) is 2.07. The van der Waals surface area contributed by atoms with Crippen LogP contribution in [0.4, 0.5) is 0 Å². The number of allylic oxidation sites excluding steroid dienone is 1. The Labute approximate surface area is 102 Å². The van der Waals surface area contributed by atoms with Gasteiger partial charge in [-0.2, -0.15) is 5.10 Å².